The SMILES string of the molecule is CCCN(C)c1cc(COC)nc(C(C)(C)C)n1. The maximum atomic E-state index is 5.18. The van der Waals surface area contributed by atoms with Gasteiger partial charge in [0.15, 0.2) is 0 Å². The molecule has 0 aliphatic rings. The lowest BCUT2D eigenvalue weighted by Gasteiger charge is -2.22. The van der Waals surface area contributed by atoms with E-state index >= 15 is 0 Å². The Morgan fingerprint density at radius 2 is 1.94 bits per heavy atom. The molecule has 18 heavy (non-hydrogen) atoms. The predicted octanol–water partition coefficient (Wildman–Crippen LogP) is 2.77. The van der Waals surface area contributed by atoms with E-state index in [-0.39, 0.29) is 5.41 Å². The zero-order valence-corrected chi connectivity index (χ0v) is 12.4. The molecular weight excluding hydrogens is 226 g/mol. The second-order valence-electron chi connectivity index (χ2n) is 5.65. The van der Waals surface area contributed by atoms with Crippen LogP contribution in [0.15, 0.2) is 6.07 Å². The van der Waals surface area contributed by atoms with Gasteiger partial charge in [0.2, 0.25) is 0 Å². The first-order valence-corrected chi connectivity index (χ1v) is 6.47. The first-order valence-electron chi connectivity index (χ1n) is 6.47. The van der Waals surface area contributed by atoms with Crippen LogP contribution in [0, 0.1) is 0 Å². The lowest BCUT2D eigenvalue weighted by Crippen LogP contribution is -2.23. The third-order valence-corrected chi connectivity index (χ3v) is 2.68. The van der Waals surface area contributed by atoms with Crippen molar-refractivity contribution in [1.29, 1.82) is 0 Å². The van der Waals surface area contributed by atoms with Crippen molar-refractivity contribution in [2.24, 2.45) is 0 Å². The van der Waals surface area contributed by atoms with E-state index in [1.54, 1.807) is 7.11 Å². The van der Waals surface area contributed by atoms with Gasteiger partial charge < -0.3 is 9.64 Å². The van der Waals surface area contributed by atoms with E-state index in [0.717, 1.165) is 30.3 Å². The summed E-state index contributed by atoms with van der Waals surface area (Å²) < 4.78 is 5.18. The van der Waals surface area contributed by atoms with E-state index in [0.29, 0.717) is 6.61 Å². The number of nitrogens with zero attached hydrogens (tertiary/aromatic N) is 3. The van der Waals surface area contributed by atoms with Gasteiger partial charge in [0, 0.05) is 32.2 Å². The van der Waals surface area contributed by atoms with Gasteiger partial charge >= 0.3 is 0 Å². The topological polar surface area (TPSA) is 38.2 Å². The third-order valence-electron chi connectivity index (χ3n) is 2.68. The molecule has 1 rings (SSSR count). The lowest BCUT2D eigenvalue weighted by molar-refractivity contribution is 0.181. The predicted molar refractivity (Wildman–Crippen MR) is 75.0 cm³/mol. The van der Waals surface area contributed by atoms with E-state index in [2.05, 4.69) is 49.6 Å². The Labute approximate surface area is 110 Å². The molecule has 4 heteroatoms. The molecule has 0 saturated heterocycles. The summed E-state index contributed by atoms with van der Waals surface area (Å²) in [5, 5.41) is 0. The number of ether oxygens (including phenoxy) is 1. The van der Waals surface area contributed by atoms with Gasteiger partial charge in [0.05, 0.1) is 12.3 Å². The maximum absolute atomic E-state index is 5.18. The molecule has 1 aromatic heterocycles. The van der Waals surface area contributed by atoms with Gasteiger partial charge in [-0.15, -0.1) is 0 Å². The minimum atomic E-state index is -0.0500. The Bertz CT molecular complexity index is 385. The highest BCUT2D eigenvalue weighted by molar-refractivity contribution is 5.39. The Kier molecular flexibility index (Phi) is 5.08. The van der Waals surface area contributed by atoms with Crippen LogP contribution < -0.4 is 4.90 Å². The third kappa shape index (κ3) is 3.95. The second kappa shape index (κ2) is 6.14. The van der Waals surface area contributed by atoms with Gasteiger partial charge in [0.1, 0.15) is 11.6 Å². The van der Waals surface area contributed by atoms with Crippen LogP contribution in [0.4, 0.5) is 5.82 Å². The summed E-state index contributed by atoms with van der Waals surface area (Å²) in [6, 6.07) is 2.01. The number of methoxy groups -OCH3 is 1. The van der Waals surface area contributed by atoms with Gasteiger partial charge in [-0.2, -0.15) is 0 Å². The zero-order valence-electron chi connectivity index (χ0n) is 12.4. The minimum Gasteiger partial charge on any atom is -0.378 e. The van der Waals surface area contributed by atoms with Crippen LogP contribution in [-0.4, -0.2) is 30.7 Å². The standard InChI is InChI=1S/C14H25N3O/c1-7-8-17(5)12-9-11(10-18-6)15-13(16-12)14(2,3)4/h9H,7-8,10H2,1-6H3. The summed E-state index contributed by atoms with van der Waals surface area (Å²) in [6.07, 6.45) is 1.10. The maximum Gasteiger partial charge on any atom is 0.136 e. The number of hydrogen-bond donors (Lipinski definition) is 0. The first-order chi connectivity index (χ1) is 8.38. The van der Waals surface area contributed by atoms with E-state index in [4.69, 9.17) is 4.74 Å². The Hall–Kier alpha value is -1.16. The largest absolute Gasteiger partial charge is 0.378 e. The number of hydrogen-bond acceptors (Lipinski definition) is 4. The highest BCUT2D eigenvalue weighted by atomic mass is 16.5. The van der Waals surface area contributed by atoms with E-state index < -0.39 is 0 Å². The molecule has 0 aliphatic heterocycles. The van der Waals surface area contributed by atoms with Crippen LogP contribution in [0.5, 0.6) is 0 Å². The van der Waals surface area contributed by atoms with Gasteiger partial charge in [-0.3, -0.25) is 0 Å². The Morgan fingerprint density at radius 1 is 1.28 bits per heavy atom. The highest BCUT2D eigenvalue weighted by Gasteiger charge is 2.19. The molecule has 102 valence electrons. The van der Waals surface area contributed by atoms with E-state index in [1.165, 1.54) is 0 Å². The van der Waals surface area contributed by atoms with Crippen LogP contribution in [0.2, 0.25) is 0 Å². The molecule has 4 nitrogen and oxygen atoms in total. The van der Waals surface area contributed by atoms with Crippen molar-refractivity contribution in [1.82, 2.24) is 9.97 Å². The average molecular weight is 251 g/mol. The van der Waals surface area contributed by atoms with Gasteiger partial charge in [-0.25, -0.2) is 9.97 Å². The van der Waals surface area contributed by atoms with E-state index in [1.807, 2.05) is 6.07 Å². The molecule has 0 aliphatic carbocycles. The molecule has 0 unspecified atom stereocenters. The fourth-order valence-corrected chi connectivity index (χ4v) is 1.69. The summed E-state index contributed by atoms with van der Waals surface area (Å²) in [5.74, 6) is 1.85. The van der Waals surface area contributed by atoms with Crippen LogP contribution in [0.25, 0.3) is 0 Å². The lowest BCUT2D eigenvalue weighted by atomic mass is 9.95. The molecule has 1 heterocycles. The smallest absolute Gasteiger partial charge is 0.136 e. The molecular formula is C14H25N3O. The van der Waals surface area contributed by atoms with E-state index in [9.17, 15) is 0 Å². The quantitative estimate of drug-likeness (QED) is 0.806. The molecule has 0 radical (unpaired) electrons. The molecule has 0 atom stereocenters. The number of anilines is 1. The molecule has 0 spiro atoms. The van der Waals surface area contributed by atoms with Crippen molar-refractivity contribution in [3.63, 3.8) is 0 Å². The van der Waals surface area contributed by atoms with Crippen LogP contribution >= 0.6 is 0 Å². The van der Waals surface area contributed by atoms with Crippen molar-refractivity contribution >= 4 is 5.82 Å². The average Bonchev–Trinajstić information content (AvgIpc) is 2.28. The summed E-state index contributed by atoms with van der Waals surface area (Å²) in [6.45, 7) is 10.1. The molecule has 0 fully saturated rings. The van der Waals surface area contributed by atoms with Crippen molar-refractivity contribution in [2.75, 3.05) is 25.6 Å². The monoisotopic (exact) mass is 251 g/mol. The Balaban J connectivity index is 3.13. The zero-order chi connectivity index (χ0) is 13.8. The summed E-state index contributed by atoms with van der Waals surface area (Å²) in [7, 11) is 3.75. The molecule has 1 aromatic rings. The van der Waals surface area contributed by atoms with Gasteiger partial charge in [0.25, 0.3) is 0 Å². The number of aromatic nitrogens is 2. The molecule has 0 amide bonds. The second-order valence-corrected chi connectivity index (χ2v) is 5.65. The number of rotatable bonds is 5. The van der Waals surface area contributed by atoms with Crippen molar-refractivity contribution < 1.29 is 4.74 Å². The Morgan fingerprint density at radius 3 is 2.44 bits per heavy atom. The first kappa shape index (κ1) is 14.9. The highest BCUT2D eigenvalue weighted by Crippen LogP contribution is 2.22. The summed E-state index contributed by atoms with van der Waals surface area (Å²) in [5.41, 5.74) is 0.890. The molecule has 0 aromatic carbocycles. The fourth-order valence-electron chi connectivity index (χ4n) is 1.69. The van der Waals surface area contributed by atoms with Crippen LogP contribution in [0.3, 0.4) is 0 Å². The van der Waals surface area contributed by atoms with Crippen molar-refractivity contribution in [3.8, 4) is 0 Å². The summed E-state index contributed by atoms with van der Waals surface area (Å²) in [4.78, 5) is 11.4. The van der Waals surface area contributed by atoms with Gasteiger partial charge in [-0.05, 0) is 6.42 Å². The molecule has 0 saturated carbocycles. The fraction of sp³-hybridized carbons (Fsp3) is 0.714. The van der Waals surface area contributed by atoms with Crippen molar-refractivity contribution in [3.05, 3.63) is 17.6 Å². The van der Waals surface area contributed by atoms with Crippen molar-refractivity contribution in [2.45, 2.75) is 46.1 Å². The molecule has 0 N–H and O–H groups in total. The molecule has 0 bridgehead atoms. The minimum absolute atomic E-state index is 0.0500. The van der Waals surface area contributed by atoms with Gasteiger partial charge in [-0.1, -0.05) is 27.7 Å². The normalized spacial score (nSPS) is 11.7. The van der Waals surface area contributed by atoms with Crippen LogP contribution in [0.1, 0.15) is 45.6 Å². The van der Waals surface area contributed by atoms with Crippen LogP contribution in [-0.2, 0) is 16.8 Å². The summed E-state index contributed by atoms with van der Waals surface area (Å²) >= 11 is 0.